The van der Waals surface area contributed by atoms with Crippen LogP contribution < -0.4 is 15.5 Å². The zero-order chi connectivity index (χ0) is 24.9. The van der Waals surface area contributed by atoms with Crippen LogP contribution in [0.2, 0.25) is 0 Å². The summed E-state index contributed by atoms with van der Waals surface area (Å²) in [7, 11) is 0. The third kappa shape index (κ3) is 5.35. The molecule has 0 radical (unpaired) electrons. The van der Waals surface area contributed by atoms with E-state index >= 15 is 0 Å². The van der Waals surface area contributed by atoms with Crippen molar-refractivity contribution in [1.82, 2.24) is 15.5 Å². The van der Waals surface area contributed by atoms with Gasteiger partial charge in [0, 0.05) is 32.2 Å². The first-order chi connectivity index (χ1) is 16.9. The number of halogens is 2. The number of amides is 3. The van der Waals surface area contributed by atoms with E-state index in [2.05, 4.69) is 21.6 Å². The lowest BCUT2D eigenvalue weighted by Gasteiger charge is -2.34. The summed E-state index contributed by atoms with van der Waals surface area (Å²) in [6.07, 6.45) is 0.249. The van der Waals surface area contributed by atoms with Crippen LogP contribution in [-0.4, -0.2) is 55.3 Å². The lowest BCUT2D eigenvalue weighted by Crippen LogP contribution is -2.47. The number of carbonyl (C=O) groups is 2. The van der Waals surface area contributed by atoms with E-state index in [1.165, 1.54) is 6.07 Å². The van der Waals surface area contributed by atoms with Crippen LogP contribution in [-0.2, 0) is 4.74 Å². The Morgan fingerprint density at radius 3 is 2.60 bits per heavy atom. The maximum atomic E-state index is 13.7. The first-order valence-corrected chi connectivity index (χ1v) is 11.6. The fraction of sp³-hybridized carbons (Fsp3) is 0.400. The number of benzene rings is 2. The SMILES string of the molecule is CC1OC(=O)N(C(=O)NCCNC2CCN(c3ccccc3C#N)CC2)C1c1ccc(F)c(F)c1. The molecule has 184 valence electrons. The molecule has 0 aromatic heterocycles. The zero-order valence-corrected chi connectivity index (χ0v) is 19.3. The van der Waals surface area contributed by atoms with Crippen LogP contribution in [0.5, 0.6) is 0 Å². The van der Waals surface area contributed by atoms with Crippen molar-refractivity contribution < 1.29 is 23.1 Å². The van der Waals surface area contributed by atoms with Gasteiger partial charge in [-0.25, -0.2) is 23.3 Å². The van der Waals surface area contributed by atoms with Crippen LogP contribution in [0, 0.1) is 23.0 Å². The molecule has 2 fully saturated rings. The molecule has 2 atom stereocenters. The molecule has 10 heteroatoms. The number of urea groups is 1. The van der Waals surface area contributed by atoms with Crippen molar-refractivity contribution in [3.8, 4) is 6.07 Å². The number of nitrogens with one attached hydrogen (secondary N) is 2. The number of carbonyl (C=O) groups excluding carboxylic acids is 2. The van der Waals surface area contributed by atoms with E-state index in [1.54, 1.807) is 6.92 Å². The summed E-state index contributed by atoms with van der Waals surface area (Å²) >= 11 is 0. The molecule has 2 heterocycles. The molecule has 3 amide bonds. The molecule has 2 unspecified atom stereocenters. The summed E-state index contributed by atoms with van der Waals surface area (Å²) in [4.78, 5) is 28.1. The van der Waals surface area contributed by atoms with Crippen molar-refractivity contribution >= 4 is 17.8 Å². The fourth-order valence-corrected chi connectivity index (χ4v) is 4.63. The molecule has 2 aromatic rings. The molecule has 2 N–H and O–H groups in total. The molecule has 35 heavy (non-hydrogen) atoms. The quantitative estimate of drug-likeness (QED) is 0.609. The number of hydrogen-bond acceptors (Lipinski definition) is 6. The van der Waals surface area contributed by atoms with Gasteiger partial charge in [-0.2, -0.15) is 5.26 Å². The van der Waals surface area contributed by atoms with Crippen molar-refractivity contribution in [3.05, 3.63) is 65.2 Å². The number of anilines is 1. The normalized spacial score (nSPS) is 20.5. The molecule has 0 spiro atoms. The first kappa shape index (κ1) is 24.4. The Hall–Kier alpha value is -3.71. The molecular formula is C25H27F2N5O3. The van der Waals surface area contributed by atoms with E-state index in [4.69, 9.17) is 4.74 Å². The van der Waals surface area contributed by atoms with Crippen LogP contribution in [0.3, 0.4) is 0 Å². The standard InChI is InChI=1S/C25H27F2N5O3/c1-16-23(17-6-7-20(26)21(27)14-17)32(25(34)35-16)24(33)30-11-10-29-19-8-12-31(13-9-19)22-5-3-2-4-18(22)15-28/h2-7,14,16,19,23,29H,8-13H2,1H3,(H,30,33). The third-order valence-corrected chi connectivity index (χ3v) is 6.40. The van der Waals surface area contributed by atoms with Gasteiger partial charge in [-0.3, -0.25) is 0 Å². The number of piperidine rings is 1. The molecule has 2 saturated heterocycles. The number of cyclic esters (lactones) is 1. The van der Waals surface area contributed by atoms with Gasteiger partial charge >= 0.3 is 12.1 Å². The Balaban J connectivity index is 1.26. The molecule has 0 aliphatic carbocycles. The molecule has 2 aliphatic heterocycles. The number of hydrogen-bond donors (Lipinski definition) is 2. The summed E-state index contributed by atoms with van der Waals surface area (Å²) in [5.41, 5.74) is 1.89. The predicted octanol–water partition coefficient (Wildman–Crippen LogP) is 3.69. The lowest BCUT2D eigenvalue weighted by atomic mass is 10.0. The average Bonchev–Trinajstić information content (AvgIpc) is 3.17. The van der Waals surface area contributed by atoms with Crippen LogP contribution in [0.25, 0.3) is 0 Å². The third-order valence-electron chi connectivity index (χ3n) is 6.40. The number of nitrogens with zero attached hydrogens (tertiary/aromatic N) is 3. The predicted molar refractivity (Wildman–Crippen MR) is 125 cm³/mol. The van der Waals surface area contributed by atoms with Crippen molar-refractivity contribution in [2.45, 2.75) is 38.0 Å². The summed E-state index contributed by atoms with van der Waals surface area (Å²) in [5, 5.41) is 15.4. The number of nitriles is 1. The largest absolute Gasteiger partial charge is 0.443 e. The molecule has 0 bridgehead atoms. The summed E-state index contributed by atoms with van der Waals surface area (Å²) < 4.78 is 32.2. The van der Waals surface area contributed by atoms with Crippen LogP contribution in [0.1, 0.15) is 36.9 Å². The Bertz CT molecular complexity index is 1130. The fourth-order valence-electron chi connectivity index (χ4n) is 4.63. The second kappa shape index (κ2) is 10.7. The van der Waals surface area contributed by atoms with E-state index < -0.39 is 35.9 Å². The molecule has 2 aliphatic rings. The van der Waals surface area contributed by atoms with Gasteiger partial charge in [-0.15, -0.1) is 0 Å². The molecule has 2 aromatic carbocycles. The van der Waals surface area contributed by atoms with Gasteiger partial charge in [0.25, 0.3) is 0 Å². The van der Waals surface area contributed by atoms with E-state index in [0.717, 1.165) is 48.7 Å². The van der Waals surface area contributed by atoms with Crippen molar-refractivity contribution in [3.63, 3.8) is 0 Å². The van der Waals surface area contributed by atoms with E-state index in [9.17, 15) is 23.6 Å². The van der Waals surface area contributed by atoms with Gasteiger partial charge < -0.3 is 20.3 Å². The van der Waals surface area contributed by atoms with Gasteiger partial charge in [0.1, 0.15) is 18.2 Å². The minimum absolute atomic E-state index is 0.268. The van der Waals surface area contributed by atoms with Crippen LogP contribution in [0.15, 0.2) is 42.5 Å². The van der Waals surface area contributed by atoms with Gasteiger partial charge in [-0.1, -0.05) is 18.2 Å². The monoisotopic (exact) mass is 483 g/mol. The number of para-hydroxylation sites is 1. The summed E-state index contributed by atoms with van der Waals surface area (Å²) in [6, 6.07) is 11.8. The highest BCUT2D eigenvalue weighted by Gasteiger charge is 2.44. The first-order valence-electron chi connectivity index (χ1n) is 11.6. The number of imide groups is 1. The second-order valence-corrected chi connectivity index (χ2v) is 8.65. The smallest absolute Gasteiger partial charge is 0.419 e. The summed E-state index contributed by atoms with van der Waals surface area (Å²) in [5.74, 6) is -2.06. The van der Waals surface area contributed by atoms with Crippen molar-refractivity contribution in [2.75, 3.05) is 31.1 Å². The number of rotatable bonds is 6. The highest BCUT2D eigenvalue weighted by Crippen LogP contribution is 2.33. The van der Waals surface area contributed by atoms with Gasteiger partial charge in [0.05, 0.1) is 11.3 Å². The maximum absolute atomic E-state index is 13.7. The van der Waals surface area contributed by atoms with Gasteiger partial charge in [-0.05, 0) is 49.6 Å². The van der Waals surface area contributed by atoms with E-state index in [1.807, 2.05) is 24.3 Å². The highest BCUT2D eigenvalue weighted by molar-refractivity contribution is 5.93. The average molecular weight is 484 g/mol. The van der Waals surface area contributed by atoms with Gasteiger partial charge in [0.15, 0.2) is 11.6 Å². The molecule has 4 rings (SSSR count). The minimum Gasteiger partial charge on any atom is -0.443 e. The minimum atomic E-state index is -1.05. The van der Waals surface area contributed by atoms with E-state index in [0.29, 0.717) is 12.1 Å². The lowest BCUT2D eigenvalue weighted by molar-refractivity contribution is 0.138. The molecular weight excluding hydrogens is 456 g/mol. The Morgan fingerprint density at radius 1 is 1.14 bits per heavy atom. The Kier molecular flexibility index (Phi) is 7.46. The van der Waals surface area contributed by atoms with Crippen LogP contribution >= 0.6 is 0 Å². The van der Waals surface area contributed by atoms with Gasteiger partial charge in [0.2, 0.25) is 0 Å². The number of ether oxygens (including phenoxy) is 1. The van der Waals surface area contributed by atoms with Crippen molar-refractivity contribution in [1.29, 1.82) is 5.26 Å². The van der Waals surface area contributed by atoms with E-state index in [-0.39, 0.29) is 18.2 Å². The van der Waals surface area contributed by atoms with Crippen molar-refractivity contribution in [2.24, 2.45) is 0 Å². The topological polar surface area (TPSA) is 97.7 Å². The van der Waals surface area contributed by atoms with Crippen LogP contribution in [0.4, 0.5) is 24.1 Å². The summed E-state index contributed by atoms with van der Waals surface area (Å²) in [6.45, 7) is 4.00. The Labute approximate surface area is 202 Å². The Morgan fingerprint density at radius 2 is 1.89 bits per heavy atom. The zero-order valence-electron chi connectivity index (χ0n) is 19.3. The highest BCUT2D eigenvalue weighted by atomic mass is 19.2. The second-order valence-electron chi connectivity index (χ2n) is 8.65. The molecule has 8 nitrogen and oxygen atoms in total. The molecule has 0 saturated carbocycles. The maximum Gasteiger partial charge on any atom is 0.419 e.